The summed E-state index contributed by atoms with van der Waals surface area (Å²) in [5, 5.41) is -0.432. The Kier molecular flexibility index (Phi) is 5.14. The number of hydrogen-bond acceptors (Lipinski definition) is 3. The number of alkyl halides is 5. The third kappa shape index (κ3) is 4.11. The summed E-state index contributed by atoms with van der Waals surface area (Å²) < 4.78 is 65.6. The van der Waals surface area contributed by atoms with Gasteiger partial charge < -0.3 is 10.6 Å². The quantitative estimate of drug-likeness (QED) is 0.377. The number of hydrogen-bond donors (Lipinski definition) is 1. The van der Waals surface area contributed by atoms with E-state index in [1.165, 1.54) is 0 Å². The maximum Gasteiger partial charge on any atom is 0.416 e. The molecule has 0 unspecified atom stereocenters. The van der Waals surface area contributed by atoms with E-state index in [2.05, 4.69) is 9.94 Å². The molecule has 0 fully saturated rings. The number of nitrogen functional groups attached to an aromatic ring is 1. The number of rotatable bonds is 3. The van der Waals surface area contributed by atoms with E-state index in [9.17, 15) is 22.0 Å². The zero-order chi connectivity index (χ0) is 19.2. The number of nitrogens with two attached hydrogens (primary N) is 1. The van der Waals surface area contributed by atoms with Crippen LogP contribution in [-0.4, -0.2) is 15.0 Å². The van der Waals surface area contributed by atoms with E-state index in [1.807, 2.05) is 0 Å². The zero-order valence-electron chi connectivity index (χ0n) is 12.1. The van der Waals surface area contributed by atoms with Crippen molar-refractivity contribution in [3.8, 4) is 5.69 Å². The van der Waals surface area contributed by atoms with Gasteiger partial charge in [-0.05, 0) is 17.2 Å². The Morgan fingerprint density at radius 3 is 2.12 bits per heavy atom. The molecule has 2 rings (SSSR count). The lowest BCUT2D eigenvalue weighted by Crippen LogP contribution is -2.09. The van der Waals surface area contributed by atoms with Gasteiger partial charge >= 0.3 is 12.0 Å². The molecule has 134 valence electrons. The molecule has 0 aliphatic carbocycles. The number of nitrogens with zero attached hydrogens (tertiary/aromatic N) is 3. The molecular formula is C13H7Cl2F5N4S. The molecule has 0 amide bonds. The summed E-state index contributed by atoms with van der Waals surface area (Å²) in [5.74, 6) is -0.836. The van der Waals surface area contributed by atoms with E-state index >= 15 is 0 Å². The summed E-state index contributed by atoms with van der Waals surface area (Å²) in [4.78, 5) is 2.67. The monoisotopic (exact) mass is 416 g/mol. The van der Waals surface area contributed by atoms with Crippen molar-refractivity contribution in [1.29, 1.82) is 0 Å². The van der Waals surface area contributed by atoms with Crippen molar-refractivity contribution < 1.29 is 22.0 Å². The van der Waals surface area contributed by atoms with E-state index in [1.54, 1.807) is 0 Å². The summed E-state index contributed by atoms with van der Waals surface area (Å²) >= 11 is 11.7. The maximum absolute atomic E-state index is 13.2. The summed E-state index contributed by atoms with van der Waals surface area (Å²) in [7, 11) is 0. The fraction of sp³-hybridized carbons (Fsp3) is 0.231. The lowest BCUT2D eigenvalue weighted by Gasteiger charge is -2.12. The molecular weight excluding hydrogens is 410 g/mol. The second-order valence-corrected chi connectivity index (χ2v) is 6.90. The fourth-order valence-electron chi connectivity index (χ4n) is 1.86. The third-order valence-electron chi connectivity index (χ3n) is 2.80. The molecule has 2 N–H and O–H groups in total. The first kappa shape index (κ1) is 19.6. The van der Waals surface area contributed by atoms with Gasteiger partial charge in [0.1, 0.15) is 5.69 Å². The Labute approximate surface area is 152 Å². The predicted octanol–water partition coefficient (Wildman–Crippen LogP) is 6.04. The molecule has 0 spiro atoms. The van der Waals surface area contributed by atoms with Crippen molar-refractivity contribution in [2.75, 3.05) is 5.73 Å². The van der Waals surface area contributed by atoms with E-state index in [0.717, 1.165) is 4.68 Å². The van der Waals surface area contributed by atoms with Crippen LogP contribution in [0.15, 0.2) is 17.0 Å². The van der Waals surface area contributed by atoms with Gasteiger partial charge in [0.25, 0.3) is 5.25 Å². The van der Waals surface area contributed by atoms with Gasteiger partial charge in [-0.15, -0.1) is 4.68 Å². The molecule has 1 aromatic carbocycles. The first-order valence-corrected chi connectivity index (χ1v) is 7.81. The van der Waals surface area contributed by atoms with E-state index in [4.69, 9.17) is 35.5 Å². The molecule has 0 aliphatic rings. The lowest BCUT2D eigenvalue weighted by molar-refractivity contribution is -0.137. The first-order valence-electron chi connectivity index (χ1n) is 6.24. The SMILES string of the molecule is [C-]#[N+]c1nn(-c2c(Cl)cc(C(F)(F)F)cc2Cl)c(N)c1SC(C)(F)F. The van der Waals surface area contributed by atoms with Crippen molar-refractivity contribution in [1.82, 2.24) is 9.78 Å². The zero-order valence-corrected chi connectivity index (χ0v) is 14.5. The third-order valence-corrected chi connectivity index (χ3v) is 4.33. The largest absolute Gasteiger partial charge is 0.416 e. The van der Waals surface area contributed by atoms with Crippen LogP contribution in [0.2, 0.25) is 10.0 Å². The standard InChI is InChI=1S/C13H7Cl2F5N4S/c1-12(16,17)25-9-10(21)24(23-11(9)22-2)8-6(14)3-5(4-7(8)15)13(18,19)20/h3-4H,21H2,1H3. The highest BCUT2D eigenvalue weighted by Crippen LogP contribution is 2.46. The molecule has 25 heavy (non-hydrogen) atoms. The van der Waals surface area contributed by atoms with Gasteiger partial charge in [-0.25, -0.2) is 0 Å². The second-order valence-electron chi connectivity index (χ2n) is 4.76. The van der Waals surface area contributed by atoms with Gasteiger partial charge in [0, 0.05) is 6.92 Å². The van der Waals surface area contributed by atoms with E-state index in [-0.39, 0.29) is 28.2 Å². The Morgan fingerprint density at radius 1 is 1.20 bits per heavy atom. The minimum Gasteiger partial charge on any atom is -0.382 e. The van der Waals surface area contributed by atoms with Crippen LogP contribution in [-0.2, 0) is 6.18 Å². The van der Waals surface area contributed by atoms with Crippen LogP contribution in [0.5, 0.6) is 0 Å². The maximum atomic E-state index is 13.2. The number of thioether (sulfide) groups is 1. The molecule has 12 heteroatoms. The summed E-state index contributed by atoms with van der Waals surface area (Å²) in [5.41, 5.74) is 4.40. The molecule has 2 aromatic rings. The van der Waals surface area contributed by atoms with Crippen molar-refractivity contribution in [2.24, 2.45) is 0 Å². The minimum atomic E-state index is -4.69. The predicted molar refractivity (Wildman–Crippen MR) is 85.7 cm³/mol. The highest BCUT2D eigenvalue weighted by molar-refractivity contribution is 8.00. The van der Waals surface area contributed by atoms with Crippen LogP contribution in [0.1, 0.15) is 12.5 Å². The van der Waals surface area contributed by atoms with Crippen LogP contribution >= 0.6 is 35.0 Å². The Hall–Kier alpha value is -1.70. The highest BCUT2D eigenvalue weighted by Gasteiger charge is 2.34. The normalized spacial score (nSPS) is 12.3. The molecule has 0 atom stereocenters. The molecule has 0 radical (unpaired) electrons. The Morgan fingerprint density at radius 2 is 1.72 bits per heavy atom. The van der Waals surface area contributed by atoms with Gasteiger partial charge in [0.2, 0.25) is 0 Å². The Bertz CT molecular complexity index is 844. The smallest absolute Gasteiger partial charge is 0.382 e. The van der Waals surface area contributed by atoms with Crippen LogP contribution in [0, 0.1) is 6.57 Å². The molecule has 0 aliphatic heterocycles. The number of anilines is 1. The minimum absolute atomic E-state index is 0.00839. The van der Waals surface area contributed by atoms with Crippen LogP contribution in [0.4, 0.5) is 33.6 Å². The first-order chi connectivity index (χ1) is 11.3. The van der Waals surface area contributed by atoms with Crippen LogP contribution in [0.25, 0.3) is 10.5 Å². The number of halogens is 7. The summed E-state index contributed by atoms with van der Waals surface area (Å²) in [6, 6.07) is 1.20. The van der Waals surface area contributed by atoms with Gasteiger partial charge in [0.05, 0.1) is 20.5 Å². The molecule has 0 bridgehead atoms. The summed E-state index contributed by atoms with van der Waals surface area (Å²) in [6.45, 7) is 7.61. The van der Waals surface area contributed by atoms with Crippen molar-refractivity contribution >= 4 is 46.6 Å². The summed E-state index contributed by atoms with van der Waals surface area (Å²) in [6.07, 6.45) is -4.69. The number of benzene rings is 1. The lowest BCUT2D eigenvalue weighted by atomic mass is 10.2. The van der Waals surface area contributed by atoms with E-state index in [0.29, 0.717) is 19.1 Å². The topological polar surface area (TPSA) is 48.2 Å². The van der Waals surface area contributed by atoms with Crippen LogP contribution in [0.3, 0.4) is 0 Å². The molecule has 0 saturated heterocycles. The van der Waals surface area contributed by atoms with E-state index < -0.39 is 32.9 Å². The van der Waals surface area contributed by atoms with Gasteiger partial charge in [-0.3, -0.25) is 0 Å². The van der Waals surface area contributed by atoms with Crippen molar-refractivity contribution in [2.45, 2.75) is 23.3 Å². The fourth-order valence-corrected chi connectivity index (χ4v) is 3.23. The van der Waals surface area contributed by atoms with Crippen molar-refractivity contribution in [3.05, 3.63) is 39.2 Å². The average Bonchev–Trinajstić information content (AvgIpc) is 2.73. The molecule has 1 aromatic heterocycles. The molecule has 0 saturated carbocycles. The number of aromatic nitrogens is 2. The van der Waals surface area contributed by atoms with Gasteiger partial charge in [0.15, 0.2) is 5.82 Å². The Balaban J connectivity index is 2.66. The highest BCUT2D eigenvalue weighted by atomic mass is 35.5. The average molecular weight is 417 g/mol. The second kappa shape index (κ2) is 6.55. The van der Waals surface area contributed by atoms with Gasteiger partial charge in [-0.1, -0.05) is 41.5 Å². The molecule has 4 nitrogen and oxygen atoms in total. The molecule has 1 heterocycles. The van der Waals surface area contributed by atoms with Gasteiger partial charge in [-0.2, -0.15) is 22.0 Å². The van der Waals surface area contributed by atoms with Crippen LogP contribution < -0.4 is 5.73 Å². The van der Waals surface area contributed by atoms with Crippen molar-refractivity contribution in [3.63, 3.8) is 0 Å².